The fourth-order valence-electron chi connectivity index (χ4n) is 2.03. The molecule has 0 aromatic heterocycles. The van der Waals surface area contributed by atoms with Gasteiger partial charge < -0.3 is 20.1 Å². The minimum atomic E-state index is -0.306. The normalized spacial score (nSPS) is 12.7. The van der Waals surface area contributed by atoms with Gasteiger partial charge in [0.25, 0.3) is 11.8 Å². The average molecular weight is 333 g/mol. The van der Waals surface area contributed by atoms with E-state index in [4.69, 9.17) is 21.1 Å². The third kappa shape index (κ3) is 3.92. The van der Waals surface area contributed by atoms with E-state index < -0.39 is 0 Å². The molecule has 0 saturated carbocycles. The van der Waals surface area contributed by atoms with E-state index in [1.54, 1.807) is 42.5 Å². The van der Waals surface area contributed by atoms with Crippen LogP contribution in [0.25, 0.3) is 0 Å². The fraction of sp³-hybridized carbons (Fsp3) is 0.125. The van der Waals surface area contributed by atoms with Gasteiger partial charge in [0.1, 0.15) is 11.5 Å². The van der Waals surface area contributed by atoms with Gasteiger partial charge in [0.05, 0.1) is 5.69 Å². The Hall–Kier alpha value is -2.73. The van der Waals surface area contributed by atoms with Gasteiger partial charge in [0.2, 0.25) is 0 Å². The summed E-state index contributed by atoms with van der Waals surface area (Å²) in [6.07, 6.45) is 0. The Labute approximate surface area is 137 Å². The molecule has 0 bridgehead atoms. The quantitative estimate of drug-likeness (QED) is 0.902. The number of carbonyl (C=O) groups is 2. The maximum Gasteiger partial charge on any atom is 0.262 e. The van der Waals surface area contributed by atoms with E-state index in [-0.39, 0.29) is 25.0 Å². The Morgan fingerprint density at radius 2 is 2.04 bits per heavy atom. The molecule has 0 unspecified atom stereocenters. The second-order valence-corrected chi connectivity index (χ2v) is 5.27. The molecule has 0 fully saturated rings. The highest BCUT2D eigenvalue weighted by Gasteiger charge is 2.16. The van der Waals surface area contributed by atoms with Crippen LogP contribution in [-0.2, 0) is 9.59 Å². The van der Waals surface area contributed by atoms with E-state index in [1.807, 2.05) is 0 Å². The largest absolute Gasteiger partial charge is 0.484 e. The zero-order valence-corrected chi connectivity index (χ0v) is 12.7. The molecule has 7 heteroatoms. The van der Waals surface area contributed by atoms with Gasteiger partial charge in [-0.15, -0.1) is 0 Å². The van der Waals surface area contributed by atoms with Crippen molar-refractivity contribution in [3.63, 3.8) is 0 Å². The second kappa shape index (κ2) is 6.58. The Morgan fingerprint density at radius 1 is 1.26 bits per heavy atom. The predicted molar refractivity (Wildman–Crippen MR) is 86.1 cm³/mol. The molecule has 0 atom stereocenters. The standard InChI is InChI=1S/C16H13ClN2O4/c17-10-1-4-12(5-2-10)22-8-15(20)18-11-3-6-13-14(7-11)23-9-16(21)19-13/h1-7H,8-9H2,(H,18,20)(H,19,21). The number of halogens is 1. The molecule has 0 spiro atoms. The van der Waals surface area contributed by atoms with Crippen molar-refractivity contribution in [3.8, 4) is 11.5 Å². The van der Waals surface area contributed by atoms with Gasteiger partial charge >= 0.3 is 0 Å². The Morgan fingerprint density at radius 3 is 2.83 bits per heavy atom. The molecule has 118 valence electrons. The molecular formula is C16H13ClN2O4. The lowest BCUT2D eigenvalue weighted by atomic mass is 10.2. The van der Waals surface area contributed by atoms with E-state index in [2.05, 4.69) is 10.6 Å². The molecule has 0 radical (unpaired) electrons. The molecule has 1 aliphatic heterocycles. The monoisotopic (exact) mass is 332 g/mol. The molecular weight excluding hydrogens is 320 g/mol. The van der Waals surface area contributed by atoms with Gasteiger partial charge in [-0.2, -0.15) is 0 Å². The lowest BCUT2D eigenvalue weighted by Gasteiger charge is -2.18. The molecule has 0 saturated heterocycles. The van der Waals surface area contributed by atoms with Gasteiger partial charge in [-0.05, 0) is 36.4 Å². The molecule has 2 aromatic rings. The van der Waals surface area contributed by atoms with Crippen molar-refractivity contribution in [2.24, 2.45) is 0 Å². The SMILES string of the molecule is O=C(COc1ccc(Cl)cc1)Nc1ccc2c(c1)OCC(=O)N2. The van der Waals surface area contributed by atoms with Crippen molar-refractivity contribution in [2.75, 3.05) is 23.8 Å². The van der Waals surface area contributed by atoms with Crippen molar-refractivity contribution < 1.29 is 19.1 Å². The third-order valence-electron chi connectivity index (χ3n) is 3.08. The van der Waals surface area contributed by atoms with Crippen molar-refractivity contribution in [1.29, 1.82) is 0 Å². The summed E-state index contributed by atoms with van der Waals surface area (Å²) in [6, 6.07) is 11.7. The Balaban J connectivity index is 1.57. The number of hydrogen-bond donors (Lipinski definition) is 2. The van der Waals surface area contributed by atoms with Crippen LogP contribution in [0.15, 0.2) is 42.5 Å². The van der Waals surface area contributed by atoms with Gasteiger partial charge in [0, 0.05) is 16.8 Å². The molecule has 1 heterocycles. The molecule has 1 aliphatic rings. The number of rotatable bonds is 4. The number of ether oxygens (including phenoxy) is 2. The van der Waals surface area contributed by atoms with Gasteiger partial charge in [0.15, 0.2) is 13.2 Å². The summed E-state index contributed by atoms with van der Waals surface area (Å²) in [5.74, 6) is 0.562. The van der Waals surface area contributed by atoms with Crippen LogP contribution in [0.3, 0.4) is 0 Å². The van der Waals surface area contributed by atoms with Gasteiger partial charge in [-0.25, -0.2) is 0 Å². The van der Waals surface area contributed by atoms with Gasteiger partial charge in [-0.1, -0.05) is 11.6 Å². The number of amides is 2. The molecule has 0 aliphatic carbocycles. The zero-order chi connectivity index (χ0) is 16.2. The fourth-order valence-corrected chi connectivity index (χ4v) is 2.16. The third-order valence-corrected chi connectivity index (χ3v) is 3.33. The summed E-state index contributed by atoms with van der Waals surface area (Å²) >= 11 is 5.78. The first-order valence-electron chi connectivity index (χ1n) is 6.85. The zero-order valence-electron chi connectivity index (χ0n) is 12.0. The second-order valence-electron chi connectivity index (χ2n) is 4.84. The molecule has 2 amide bonds. The van der Waals surface area contributed by atoms with Gasteiger partial charge in [-0.3, -0.25) is 9.59 Å². The van der Waals surface area contributed by atoms with Crippen LogP contribution in [0.4, 0.5) is 11.4 Å². The van der Waals surface area contributed by atoms with Crippen molar-refractivity contribution >= 4 is 34.8 Å². The lowest BCUT2D eigenvalue weighted by Crippen LogP contribution is -2.25. The van der Waals surface area contributed by atoms with Crippen LogP contribution in [0.5, 0.6) is 11.5 Å². The van der Waals surface area contributed by atoms with Crippen molar-refractivity contribution in [2.45, 2.75) is 0 Å². The highest BCUT2D eigenvalue weighted by Crippen LogP contribution is 2.30. The van der Waals surface area contributed by atoms with E-state index in [9.17, 15) is 9.59 Å². The number of hydrogen-bond acceptors (Lipinski definition) is 4. The van der Waals surface area contributed by atoms with Crippen LogP contribution >= 0.6 is 11.6 Å². The minimum absolute atomic E-state index is 0.0376. The summed E-state index contributed by atoms with van der Waals surface area (Å²) in [4.78, 5) is 23.1. The van der Waals surface area contributed by atoms with Crippen molar-refractivity contribution in [3.05, 3.63) is 47.5 Å². The summed E-state index contributed by atoms with van der Waals surface area (Å²) in [5.41, 5.74) is 1.14. The number of nitrogens with one attached hydrogen (secondary N) is 2. The molecule has 6 nitrogen and oxygen atoms in total. The highest BCUT2D eigenvalue weighted by atomic mass is 35.5. The number of benzene rings is 2. The summed E-state index contributed by atoms with van der Waals surface area (Å²) in [6.45, 7) is -0.166. The highest BCUT2D eigenvalue weighted by molar-refractivity contribution is 6.30. The van der Waals surface area contributed by atoms with Crippen molar-refractivity contribution in [1.82, 2.24) is 0 Å². The Bertz CT molecular complexity index is 746. The van der Waals surface area contributed by atoms with Crippen LogP contribution < -0.4 is 20.1 Å². The van der Waals surface area contributed by atoms with E-state index >= 15 is 0 Å². The summed E-state index contributed by atoms with van der Waals surface area (Å²) in [5, 5.41) is 5.98. The van der Waals surface area contributed by atoms with Crippen LogP contribution in [0.1, 0.15) is 0 Å². The first-order chi connectivity index (χ1) is 11.1. The predicted octanol–water partition coefficient (Wildman–Crippen LogP) is 2.69. The number of fused-ring (bicyclic) bond motifs is 1. The molecule has 23 heavy (non-hydrogen) atoms. The minimum Gasteiger partial charge on any atom is -0.484 e. The summed E-state index contributed by atoms with van der Waals surface area (Å²) < 4.78 is 10.7. The lowest BCUT2D eigenvalue weighted by molar-refractivity contribution is -0.119. The van der Waals surface area contributed by atoms with Crippen LogP contribution in [0.2, 0.25) is 5.02 Å². The number of carbonyl (C=O) groups excluding carboxylic acids is 2. The topological polar surface area (TPSA) is 76.7 Å². The van der Waals surface area contributed by atoms with Crippen LogP contribution in [-0.4, -0.2) is 25.0 Å². The maximum atomic E-state index is 11.9. The molecule has 2 aromatic carbocycles. The number of anilines is 2. The van der Waals surface area contributed by atoms with Crippen LogP contribution in [0, 0.1) is 0 Å². The van der Waals surface area contributed by atoms with E-state index in [1.165, 1.54) is 0 Å². The Kier molecular flexibility index (Phi) is 4.34. The smallest absolute Gasteiger partial charge is 0.262 e. The molecule has 3 rings (SSSR count). The first kappa shape index (κ1) is 15.2. The maximum absolute atomic E-state index is 11.9. The summed E-state index contributed by atoms with van der Waals surface area (Å²) in [7, 11) is 0. The molecule has 2 N–H and O–H groups in total. The average Bonchev–Trinajstić information content (AvgIpc) is 2.54. The van der Waals surface area contributed by atoms with E-state index in [0.29, 0.717) is 27.9 Å². The van der Waals surface area contributed by atoms with E-state index in [0.717, 1.165) is 0 Å². The first-order valence-corrected chi connectivity index (χ1v) is 7.23.